The lowest BCUT2D eigenvalue weighted by Gasteiger charge is -2.40. The highest BCUT2D eigenvalue weighted by molar-refractivity contribution is 6.45. The number of hydrogen-bond acceptors (Lipinski definition) is 13. The van der Waals surface area contributed by atoms with Gasteiger partial charge in [-0.2, -0.15) is 0 Å². The zero-order valence-corrected chi connectivity index (χ0v) is 46.5. The molecule has 6 aliphatic rings. The van der Waals surface area contributed by atoms with Crippen LogP contribution < -0.4 is 14.8 Å². The maximum absolute atomic E-state index is 13.9. The molecule has 0 unspecified atom stereocenters. The highest BCUT2D eigenvalue weighted by atomic mass is 35.5. The number of rotatable bonds is 18. The molecule has 2 saturated carbocycles. The highest BCUT2D eigenvalue weighted by Gasteiger charge is 2.36. The Bertz CT molecular complexity index is 3280. The SMILES string of the molecule is C.CN(C(=O)C1=NOCc2cc(-c3ccc(F)cc3)ccc21)[C@H](CN1CCC1)[C@H](O)c1ccc(OC2CC2)c(Cl)c1.CN[C@H](CN1CCC1)[C@H](O)c1ccc(OC2CC2)c(Cl)c1.O=C(O)C1=NOCc2cc(-c3ccc(F)cc3)ccc21. The summed E-state index contributed by atoms with van der Waals surface area (Å²) in [6.45, 7) is 5.89. The molecule has 0 radical (unpaired) electrons. The lowest BCUT2D eigenvalue weighted by Crippen LogP contribution is -2.53. The highest BCUT2D eigenvalue weighted by Crippen LogP contribution is 2.37. The summed E-state index contributed by atoms with van der Waals surface area (Å²) < 4.78 is 37.9. The van der Waals surface area contributed by atoms with E-state index in [-0.39, 0.29) is 61.8 Å². The number of hydrogen-bond donors (Lipinski definition) is 4. The standard InChI is InChI=1S/C31H31ClFN3O4.C16H23ClN2O2.C15H10FNO3.CH4/c1-35(27(17-36-13-2-14-36)30(37)21-6-12-28(26(32)16-21)40-24-9-10-24)31(38)29-25-11-5-20(15-22(25)18-39-34-29)19-3-7-23(33)8-4-19;1-18-14(10-19-7-2-8-19)16(20)11-3-6-15(13(17)9-11)21-12-4-5-12;16-12-4-1-9(2-5-12)10-3-6-13-11(7-10)8-20-17-14(13)15(18)19;/h3-8,11-12,15-16,24,27,30,37H,2,9-10,13-14,17-18H2,1H3;3,6,9,12,14,16,18,20H,2,4-5,7-8,10H2,1H3;1-7H,8H2,(H,18,19);1H4/t27-,30-;14-,16-;;/m11../s1. The number of benzene rings is 6. The van der Waals surface area contributed by atoms with Crippen molar-refractivity contribution in [1.82, 2.24) is 20.0 Å². The van der Waals surface area contributed by atoms with E-state index in [0.29, 0.717) is 45.1 Å². The molecule has 2 saturated heterocycles. The van der Waals surface area contributed by atoms with E-state index in [4.69, 9.17) is 47.5 Å². The third-order valence-electron chi connectivity index (χ3n) is 15.2. The van der Waals surface area contributed by atoms with Crippen molar-refractivity contribution < 1.29 is 52.8 Å². The van der Waals surface area contributed by atoms with Gasteiger partial charge >= 0.3 is 5.97 Å². The first kappa shape index (κ1) is 59.7. The van der Waals surface area contributed by atoms with E-state index in [1.807, 2.05) is 55.6 Å². The van der Waals surface area contributed by atoms with E-state index in [9.17, 15) is 28.6 Å². The third-order valence-corrected chi connectivity index (χ3v) is 15.8. The van der Waals surface area contributed by atoms with Crippen LogP contribution in [0.2, 0.25) is 10.0 Å². The molecule has 6 aromatic carbocycles. The number of nitrogens with one attached hydrogen (secondary N) is 1. The first-order valence-electron chi connectivity index (χ1n) is 27.3. The second kappa shape index (κ2) is 27.0. The fourth-order valence-corrected chi connectivity index (χ4v) is 10.3. The summed E-state index contributed by atoms with van der Waals surface area (Å²) in [4.78, 5) is 41.4. The molecular formula is C63H68Cl2F2N6O9. The Morgan fingerprint density at radius 2 is 1.09 bits per heavy atom. The van der Waals surface area contributed by atoms with Crippen LogP contribution in [0.1, 0.15) is 91.5 Å². The summed E-state index contributed by atoms with van der Waals surface area (Å²) >= 11 is 12.8. The van der Waals surface area contributed by atoms with Crippen LogP contribution in [0, 0.1) is 11.6 Å². The molecule has 2 aliphatic carbocycles. The maximum atomic E-state index is 13.9. The number of carboxylic acids is 1. The van der Waals surface area contributed by atoms with Crippen LogP contribution in [0.15, 0.2) is 132 Å². The van der Waals surface area contributed by atoms with E-state index < -0.39 is 24.2 Å². The lowest BCUT2D eigenvalue weighted by molar-refractivity contribution is -0.130. The van der Waals surface area contributed by atoms with Crippen LogP contribution >= 0.6 is 23.2 Å². The molecule has 4 heterocycles. The van der Waals surface area contributed by atoms with Gasteiger partial charge < -0.3 is 54.5 Å². The average molecular weight is 1160 g/mol. The zero-order chi connectivity index (χ0) is 56.7. The number of aliphatic hydroxyl groups is 2. The molecule has 4 aliphatic heterocycles. The fraction of sp³-hybridized carbons (Fsp3) is 0.365. The Balaban J connectivity index is 0.000000162. The predicted molar refractivity (Wildman–Crippen MR) is 312 cm³/mol. The van der Waals surface area contributed by atoms with Gasteiger partial charge in [0.15, 0.2) is 11.4 Å². The zero-order valence-electron chi connectivity index (χ0n) is 44.9. The number of carbonyl (C=O) groups excluding carboxylic acids is 1. The molecule has 1 amide bonds. The van der Waals surface area contributed by atoms with E-state index >= 15 is 0 Å². The van der Waals surface area contributed by atoms with Gasteiger partial charge in [0.2, 0.25) is 0 Å². The van der Waals surface area contributed by atoms with Crippen molar-refractivity contribution in [2.24, 2.45) is 10.3 Å². The van der Waals surface area contributed by atoms with Crippen molar-refractivity contribution in [3.63, 3.8) is 0 Å². The van der Waals surface area contributed by atoms with Crippen molar-refractivity contribution in [3.8, 4) is 33.8 Å². The number of nitrogens with zero attached hydrogens (tertiary/aromatic N) is 5. The number of amides is 1. The minimum absolute atomic E-state index is 0. The molecule has 4 atom stereocenters. The minimum atomic E-state index is -1.12. The lowest BCUT2D eigenvalue weighted by atomic mass is 9.95. The summed E-state index contributed by atoms with van der Waals surface area (Å²) in [6.07, 6.45) is 5.60. The van der Waals surface area contributed by atoms with Gasteiger partial charge in [-0.3, -0.25) is 4.79 Å². The van der Waals surface area contributed by atoms with Crippen molar-refractivity contribution in [1.29, 1.82) is 0 Å². The number of likely N-dealkylation sites (N-methyl/N-ethyl adjacent to an activating group) is 2. The summed E-state index contributed by atoms with van der Waals surface area (Å²) in [7, 11) is 3.58. The first-order chi connectivity index (χ1) is 39.2. The van der Waals surface area contributed by atoms with Gasteiger partial charge in [0.05, 0.1) is 34.4 Å². The molecule has 15 nitrogen and oxygen atoms in total. The number of halogens is 4. The average Bonchev–Trinajstić information content (AvgIpc) is 4.57. The van der Waals surface area contributed by atoms with E-state index in [1.54, 1.807) is 60.5 Å². The predicted octanol–water partition coefficient (Wildman–Crippen LogP) is 10.8. The van der Waals surface area contributed by atoms with Gasteiger partial charge in [-0.1, -0.05) is 102 Å². The quantitative estimate of drug-likeness (QED) is 0.0641. The van der Waals surface area contributed by atoms with Crippen LogP contribution in [-0.2, 0) is 32.5 Å². The Hall–Kier alpha value is -6.96. The Labute approximate surface area is 486 Å². The molecule has 0 bridgehead atoms. The molecule has 12 rings (SSSR count). The maximum Gasteiger partial charge on any atom is 0.358 e. The van der Waals surface area contributed by atoms with Gasteiger partial charge in [0.25, 0.3) is 5.91 Å². The van der Waals surface area contributed by atoms with Crippen LogP contribution in [-0.4, -0.2) is 131 Å². The second-order valence-corrected chi connectivity index (χ2v) is 21.9. The molecule has 432 valence electrons. The van der Waals surface area contributed by atoms with Crippen molar-refractivity contribution in [2.45, 2.75) is 95.7 Å². The normalized spacial score (nSPS) is 17.6. The number of fused-ring (bicyclic) bond motifs is 2. The minimum Gasteiger partial charge on any atom is -0.489 e. The number of carboxylic acid groups (broad SMARTS) is 1. The van der Waals surface area contributed by atoms with Crippen molar-refractivity contribution >= 4 is 46.5 Å². The van der Waals surface area contributed by atoms with Crippen molar-refractivity contribution in [2.75, 3.05) is 53.4 Å². The van der Waals surface area contributed by atoms with Gasteiger partial charge in [0, 0.05) is 48.4 Å². The number of oxime groups is 2. The smallest absolute Gasteiger partial charge is 0.358 e. The van der Waals surface area contributed by atoms with Gasteiger partial charge in [0.1, 0.15) is 42.5 Å². The van der Waals surface area contributed by atoms with Crippen LogP contribution in [0.25, 0.3) is 22.3 Å². The van der Waals surface area contributed by atoms with Crippen LogP contribution in [0.5, 0.6) is 11.5 Å². The topological polar surface area (TPSA) is 178 Å². The fourth-order valence-electron chi connectivity index (χ4n) is 9.82. The first-order valence-corrected chi connectivity index (χ1v) is 28.0. The van der Waals surface area contributed by atoms with E-state index in [1.165, 1.54) is 30.7 Å². The summed E-state index contributed by atoms with van der Waals surface area (Å²) in [5.74, 6) is -0.739. The largest absolute Gasteiger partial charge is 0.489 e. The number of likely N-dealkylation sites (tertiary alicyclic amines) is 2. The summed E-state index contributed by atoms with van der Waals surface area (Å²) in [6, 6.07) is 33.8. The Morgan fingerprint density at radius 3 is 1.51 bits per heavy atom. The van der Waals surface area contributed by atoms with Gasteiger partial charge in [-0.15, -0.1) is 0 Å². The Morgan fingerprint density at radius 1 is 0.646 bits per heavy atom. The molecule has 4 N–H and O–H groups in total. The number of ether oxygens (including phenoxy) is 2. The third kappa shape index (κ3) is 14.6. The second-order valence-electron chi connectivity index (χ2n) is 21.1. The summed E-state index contributed by atoms with van der Waals surface area (Å²) in [5, 5.41) is 43.1. The molecular weight excluding hydrogens is 1090 g/mol. The molecule has 19 heteroatoms. The van der Waals surface area contributed by atoms with E-state index in [2.05, 4.69) is 25.4 Å². The number of aliphatic carboxylic acids is 1. The number of carbonyl (C=O) groups is 2. The van der Waals surface area contributed by atoms with Gasteiger partial charge in [-0.25, -0.2) is 13.6 Å². The van der Waals surface area contributed by atoms with Crippen molar-refractivity contribution in [3.05, 3.63) is 176 Å². The molecule has 0 aromatic heterocycles. The van der Waals surface area contributed by atoms with Gasteiger partial charge in [-0.05, 0) is 166 Å². The van der Waals surface area contributed by atoms with E-state index in [0.717, 1.165) is 110 Å². The molecule has 4 fully saturated rings. The van der Waals surface area contributed by atoms with Crippen LogP contribution in [0.3, 0.4) is 0 Å². The molecule has 82 heavy (non-hydrogen) atoms. The van der Waals surface area contributed by atoms with Crippen LogP contribution in [0.4, 0.5) is 8.78 Å². The molecule has 0 spiro atoms. The molecule has 6 aromatic rings. The number of aliphatic hydroxyl groups excluding tert-OH is 2. The summed E-state index contributed by atoms with van der Waals surface area (Å²) in [5.41, 5.74) is 7.80. The Kier molecular flexibility index (Phi) is 19.6. The monoisotopic (exact) mass is 1160 g/mol.